The minimum atomic E-state index is -3.73. The number of rotatable bonds is 10. The van der Waals surface area contributed by atoms with Crippen molar-refractivity contribution in [3.8, 4) is 11.5 Å². The van der Waals surface area contributed by atoms with Gasteiger partial charge in [0.25, 0.3) is 0 Å². The van der Waals surface area contributed by atoms with Crippen LogP contribution in [0.5, 0.6) is 11.5 Å². The fourth-order valence-electron chi connectivity index (χ4n) is 3.78. The van der Waals surface area contributed by atoms with Crippen LogP contribution in [-0.2, 0) is 29.0 Å². The highest BCUT2D eigenvalue weighted by Gasteiger charge is 2.27. The van der Waals surface area contributed by atoms with Crippen LogP contribution in [-0.4, -0.2) is 70.9 Å². The molecule has 2 aromatic carbocycles. The van der Waals surface area contributed by atoms with Gasteiger partial charge in [0.05, 0.1) is 49.5 Å². The molecular formula is C24H30N2O7S. The molecule has 1 amide bonds. The molecule has 2 aromatic rings. The van der Waals surface area contributed by atoms with Crippen molar-refractivity contribution in [2.75, 3.05) is 51.4 Å². The van der Waals surface area contributed by atoms with Gasteiger partial charge in [-0.1, -0.05) is 18.2 Å². The normalized spacial score (nSPS) is 19.1. The van der Waals surface area contributed by atoms with Crippen molar-refractivity contribution in [2.24, 2.45) is 0 Å². The molecule has 2 heterocycles. The third kappa shape index (κ3) is 6.55. The summed E-state index contributed by atoms with van der Waals surface area (Å²) in [6, 6.07) is 13.6. The molecule has 1 N–H and O–H groups in total. The summed E-state index contributed by atoms with van der Waals surface area (Å²) in [5.41, 5.74) is 0.280. The summed E-state index contributed by atoms with van der Waals surface area (Å²) < 4.78 is 49.9. The molecule has 1 unspecified atom stereocenters. The number of hydrogen-bond donors (Lipinski definition) is 1. The lowest BCUT2D eigenvalue weighted by Crippen LogP contribution is -2.40. The van der Waals surface area contributed by atoms with E-state index in [4.69, 9.17) is 18.9 Å². The second-order valence-corrected chi connectivity index (χ2v) is 10.0. The van der Waals surface area contributed by atoms with Crippen LogP contribution in [0.15, 0.2) is 53.4 Å². The zero-order valence-corrected chi connectivity index (χ0v) is 19.8. The molecule has 0 radical (unpaired) electrons. The van der Waals surface area contributed by atoms with E-state index in [0.29, 0.717) is 31.3 Å². The van der Waals surface area contributed by atoms with Gasteiger partial charge < -0.3 is 24.3 Å². The van der Waals surface area contributed by atoms with E-state index < -0.39 is 10.0 Å². The first-order valence-electron chi connectivity index (χ1n) is 11.5. The van der Waals surface area contributed by atoms with Crippen LogP contribution in [0.3, 0.4) is 0 Å². The monoisotopic (exact) mass is 490 g/mol. The first-order chi connectivity index (χ1) is 16.5. The number of sulfonamides is 1. The number of carbonyl (C=O) groups is 1. The zero-order chi connectivity index (χ0) is 23.8. The summed E-state index contributed by atoms with van der Waals surface area (Å²) in [5, 5.41) is 2.79. The molecule has 1 atom stereocenters. The number of hydrogen-bond acceptors (Lipinski definition) is 7. The van der Waals surface area contributed by atoms with Gasteiger partial charge in [-0.2, -0.15) is 4.31 Å². The highest BCUT2D eigenvalue weighted by molar-refractivity contribution is 7.89. The van der Waals surface area contributed by atoms with Gasteiger partial charge in [-0.25, -0.2) is 8.42 Å². The minimum Gasteiger partial charge on any atom is -0.455 e. The second-order valence-electron chi connectivity index (χ2n) is 8.10. The minimum absolute atomic E-state index is 0.0831. The molecule has 4 rings (SSSR count). The lowest BCUT2D eigenvalue weighted by atomic mass is 10.2. The fraction of sp³-hybridized carbons (Fsp3) is 0.458. The molecule has 2 aliphatic heterocycles. The third-order valence-electron chi connectivity index (χ3n) is 5.61. The van der Waals surface area contributed by atoms with Crippen LogP contribution in [0.1, 0.15) is 19.3 Å². The van der Waals surface area contributed by atoms with Crippen molar-refractivity contribution < 1.29 is 32.2 Å². The van der Waals surface area contributed by atoms with Crippen molar-refractivity contribution in [2.45, 2.75) is 30.3 Å². The highest BCUT2D eigenvalue weighted by atomic mass is 32.2. The number of ether oxygens (including phenoxy) is 4. The van der Waals surface area contributed by atoms with E-state index in [1.54, 1.807) is 18.2 Å². The molecule has 2 aliphatic rings. The standard InChI is InChI=1S/C24H30N2O7S/c27-24(10-14-31-18-20-7-4-13-32-20)25-22-17-21(34(28,29)26-11-15-30-16-12-26)8-9-23(22)33-19-5-2-1-3-6-19/h1-3,5-6,8-9,17,20H,4,7,10-16,18H2,(H,25,27). The Morgan fingerprint density at radius 2 is 1.88 bits per heavy atom. The zero-order valence-electron chi connectivity index (χ0n) is 19.0. The van der Waals surface area contributed by atoms with Gasteiger partial charge in [0.2, 0.25) is 15.9 Å². The average molecular weight is 491 g/mol. The van der Waals surface area contributed by atoms with Crippen LogP contribution in [0, 0.1) is 0 Å². The van der Waals surface area contributed by atoms with E-state index in [1.807, 2.05) is 18.2 Å². The summed E-state index contributed by atoms with van der Waals surface area (Å²) in [4.78, 5) is 12.7. The van der Waals surface area contributed by atoms with Gasteiger partial charge in [0, 0.05) is 19.7 Å². The number of amides is 1. The predicted octanol–water partition coefficient (Wildman–Crippen LogP) is 3.02. The summed E-state index contributed by atoms with van der Waals surface area (Å²) in [6.07, 6.45) is 2.22. The average Bonchev–Trinajstić information content (AvgIpc) is 3.38. The van der Waals surface area contributed by atoms with Crippen LogP contribution >= 0.6 is 0 Å². The van der Waals surface area contributed by atoms with Crippen molar-refractivity contribution in [1.82, 2.24) is 4.31 Å². The van der Waals surface area contributed by atoms with Gasteiger partial charge in [0.1, 0.15) is 5.75 Å². The Hall–Kier alpha value is -2.50. The van der Waals surface area contributed by atoms with Crippen LogP contribution in [0.25, 0.3) is 0 Å². The maximum absolute atomic E-state index is 13.1. The van der Waals surface area contributed by atoms with E-state index in [1.165, 1.54) is 16.4 Å². The lowest BCUT2D eigenvalue weighted by molar-refractivity contribution is -0.117. The molecular weight excluding hydrogens is 460 g/mol. The van der Waals surface area contributed by atoms with Gasteiger partial charge in [-0.3, -0.25) is 4.79 Å². The second kappa shape index (κ2) is 11.8. The van der Waals surface area contributed by atoms with Crippen LogP contribution in [0.4, 0.5) is 5.69 Å². The van der Waals surface area contributed by atoms with E-state index in [9.17, 15) is 13.2 Å². The van der Waals surface area contributed by atoms with E-state index >= 15 is 0 Å². The lowest BCUT2D eigenvalue weighted by Gasteiger charge is -2.26. The largest absolute Gasteiger partial charge is 0.455 e. The molecule has 0 aliphatic carbocycles. The summed E-state index contributed by atoms with van der Waals surface area (Å²) in [5.74, 6) is 0.619. The molecule has 184 valence electrons. The number of benzene rings is 2. The van der Waals surface area contributed by atoms with Crippen molar-refractivity contribution >= 4 is 21.6 Å². The number of nitrogens with zero attached hydrogens (tertiary/aromatic N) is 1. The third-order valence-corrected chi connectivity index (χ3v) is 7.50. The molecule has 34 heavy (non-hydrogen) atoms. The number of anilines is 1. The Balaban J connectivity index is 1.47. The smallest absolute Gasteiger partial charge is 0.243 e. The number of carbonyl (C=O) groups excluding carboxylic acids is 1. The quantitative estimate of drug-likeness (QED) is 0.511. The Kier molecular flexibility index (Phi) is 8.52. The van der Waals surface area contributed by atoms with Crippen LogP contribution in [0.2, 0.25) is 0 Å². The first-order valence-corrected chi connectivity index (χ1v) is 12.9. The molecule has 9 nitrogen and oxygen atoms in total. The maximum Gasteiger partial charge on any atom is 0.243 e. The van der Waals surface area contributed by atoms with Gasteiger partial charge in [0.15, 0.2) is 5.75 Å². The maximum atomic E-state index is 13.1. The van der Waals surface area contributed by atoms with E-state index in [0.717, 1.165) is 19.4 Å². The van der Waals surface area contributed by atoms with Crippen molar-refractivity contribution in [1.29, 1.82) is 0 Å². The highest BCUT2D eigenvalue weighted by Crippen LogP contribution is 2.33. The van der Waals surface area contributed by atoms with Gasteiger partial charge >= 0.3 is 0 Å². The topological polar surface area (TPSA) is 103 Å². The summed E-state index contributed by atoms with van der Waals surface area (Å²) in [6.45, 7) is 2.73. The number of morpholine rings is 1. The SMILES string of the molecule is O=C(CCOCC1CCCO1)Nc1cc(S(=O)(=O)N2CCOCC2)ccc1Oc1ccccc1. The van der Waals surface area contributed by atoms with E-state index in [2.05, 4.69) is 5.32 Å². The number of nitrogens with one attached hydrogen (secondary N) is 1. The molecule has 0 aromatic heterocycles. The van der Waals surface area contributed by atoms with E-state index in [-0.39, 0.29) is 48.7 Å². The molecule has 0 bridgehead atoms. The fourth-order valence-corrected chi connectivity index (χ4v) is 5.21. The summed E-state index contributed by atoms with van der Waals surface area (Å²) in [7, 11) is -3.73. The van der Waals surface area contributed by atoms with Crippen molar-refractivity contribution in [3.05, 3.63) is 48.5 Å². The Bertz CT molecular complexity index is 1050. The Morgan fingerprint density at radius 1 is 1.09 bits per heavy atom. The predicted molar refractivity (Wildman–Crippen MR) is 126 cm³/mol. The molecule has 10 heteroatoms. The first kappa shape index (κ1) is 24.6. The number of para-hydroxylation sites is 1. The Morgan fingerprint density at radius 3 is 2.62 bits per heavy atom. The van der Waals surface area contributed by atoms with Crippen LogP contribution < -0.4 is 10.1 Å². The molecule has 2 saturated heterocycles. The van der Waals surface area contributed by atoms with Gasteiger partial charge in [-0.15, -0.1) is 0 Å². The summed E-state index contributed by atoms with van der Waals surface area (Å²) >= 11 is 0. The Labute approximate surface area is 200 Å². The van der Waals surface area contributed by atoms with Gasteiger partial charge in [-0.05, 0) is 43.2 Å². The molecule has 2 fully saturated rings. The van der Waals surface area contributed by atoms with Crippen molar-refractivity contribution in [3.63, 3.8) is 0 Å². The molecule has 0 saturated carbocycles. The molecule has 0 spiro atoms.